The van der Waals surface area contributed by atoms with Crippen LogP contribution in [0.4, 0.5) is 0 Å². The highest BCUT2D eigenvalue weighted by molar-refractivity contribution is 4.90. The summed E-state index contributed by atoms with van der Waals surface area (Å²) in [5.74, 6) is 0. The zero-order chi connectivity index (χ0) is 14.4. The Morgan fingerprint density at radius 2 is 1.68 bits per heavy atom. The van der Waals surface area contributed by atoms with Gasteiger partial charge in [-0.3, -0.25) is 9.80 Å². The number of hydrogen-bond acceptors (Lipinski definition) is 3. The Labute approximate surface area is 120 Å². The minimum atomic E-state index is 0.655. The van der Waals surface area contributed by atoms with Crippen molar-refractivity contribution in [2.45, 2.75) is 78.0 Å². The van der Waals surface area contributed by atoms with Gasteiger partial charge in [0.2, 0.25) is 0 Å². The smallest absolute Gasteiger partial charge is 0.0248 e. The van der Waals surface area contributed by atoms with Gasteiger partial charge in [0.1, 0.15) is 0 Å². The van der Waals surface area contributed by atoms with Crippen LogP contribution in [0.1, 0.15) is 53.9 Å². The van der Waals surface area contributed by atoms with Crippen molar-refractivity contribution in [3.63, 3.8) is 0 Å². The molecule has 1 heterocycles. The standard InChI is InChI=1S/C16H35N3/c1-7-10-15(17-9-3)16(8-2)19-11-13(4)18(6)14(5)12-19/h13-17H,7-12H2,1-6H3. The summed E-state index contributed by atoms with van der Waals surface area (Å²) in [6, 6.07) is 2.68. The van der Waals surface area contributed by atoms with Crippen LogP contribution < -0.4 is 5.32 Å². The van der Waals surface area contributed by atoms with Crippen LogP contribution in [0.25, 0.3) is 0 Å². The monoisotopic (exact) mass is 269 g/mol. The Kier molecular flexibility index (Phi) is 7.33. The molecule has 0 bridgehead atoms. The van der Waals surface area contributed by atoms with E-state index in [4.69, 9.17) is 0 Å². The second kappa shape index (κ2) is 8.23. The van der Waals surface area contributed by atoms with Crippen molar-refractivity contribution in [3.8, 4) is 0 Å². The fourth-order valence-corrected chi connectivity index (χ4v) is 3.52. The van der Waals surface area contributed by atoms with Gasteiger partial charge in [-0.1, -0.05) is 27.2 Å². The van der Waals surface area contributed by atoms with E-state index in [2.05, 4.69) is 56.8 Å². The molecule has 0 spiro atoms. The van der Waals surface area contributed by atoms with E-state index in [9.17, 15) is 0 Å². The number of rotatable bonds is 7. The molecule has 1 N–H and O–H groups in total. The first-order valence-corrected chi connectivity index (χ1v) is 8.24. The summed E-state index contributed by atoms with van der Waals surface area (Å²) in [6.45, 7) is 15.1. The molecule has 0 radical (unpaired) electrons. The maximum atomic E-state index is 3.72. The number of piperazine rings is 1. The van der Waals surface area contributed by atoms with E-state index in [1.54, 1.807) is 0 Å². The Hall–Kier alpha value is -0.120. The highest BCUT2D eigenvalue weighted by Gasteiger charge is 2.33. The van der Waals surface area contributed by atoms with Gasteiger partial charge < -0.3 is 5.32 Å². The highest BCUT2D eigenvalue weighted by atomic mass is 15.3. The minimum Gasteiger partial charge on any atom is -0.313 e. The fraction of sp³-hybridized carbons (Fsp3) is 1.00. The van der Waals surface area contributed by atoms with Crippen molar-refractivity contribution >= 4 is 0 Å². The maximum absolute atomic E-state index is 3.72. The van der Waals surface area contributed by atoms with Crippen molar-refractivity contribution in [2.24, 2.45) is 0 Å². The first kappa shape index (κ1) is 16.9. The normalized spacial score (nSPS) is 29.4. The molecule has 1 aliphatic rings. The minimum absolute atomic E-state index is 0.655. The van der Waals surface area contributed by atoms with Gasteiger partial charge >= 0.3 is 0 Å². The third-order valence-electron chi connectivity index (χ3n) is 4.81. The Morgan fingerprint density at radius 3 is 2.11 bits per heavy atom. The van der Waals surface area contributed by atoms with Gasteiger partial charge in [0, 0.05) is 37.3 Å². The average Bonchev–Trinajstić information content (AvgIpc) is 2.37. The summed E-state index contributed by atoms with van der Waals surface area (Å²) in [5.41, 5.74) is 0. The summed E-state index contributed by atoms with van der Waals surface area (Å²) in [4.78, 5) is 5.25. The van der Waals surface area contributed by atoms with Gasteiger partial charge in [-0.25, -0.2) is 0 Å². The van der Waals surface area contributed by atoms with Crippen molar-refractivity contribution in [1.29, 1.82) is 0 Å². The van der Waals surface area contributed by atoms with E-state index < -0.39 is 0 Å². The van der Waals surface area contributed by atoms with Gasteiger partial charge in [0.25, 0.3) is 0 Å². The molecule has 19 heavy (non-hydrogen) atoms. The van der Waals surface area contributed by atoms with E-state index in [0.717, 1.165) is 6.54 Å². The molecule has 3 nitrogen and oxygen atoms in total. The molecule has 4 atom stereocenters. The molecule has 0 aromatic rings. The molecule has 0 amide bonds. The molecule has 1 fully saturated rings. The van der Waals surface area contributed by atoms with Crippen LogP contribution in [-0.2, 0) is 0 Å². The summed E-state index contributed by atoms with van der Waals surface area (Å²) < 4.78 is 0. The van der Waals surface area contributed by atoms with Gasteiger partial charge in [0.15, 0.2) is 0 Å². The third-order valence-corrected chi connectivity index (χ3v) is 4.81. The predicted octanol–water partition coefficient (Wildman–Crippen LogP) is 2.57. The lowest BCUT2D eigenvalue weighted by Gasteiger charge is -2.47. The molecule has 0 aliphatic carbocycles. The predicted molar refractivity (Wildman–Crippen MR) is 84.7 cm³/mol. The summed E-state index contributed by atoms with van der Waals surface area (Å²) in [7, 11) is 2.27. The second-order valence-electron chi connectivity index (χ2n) is 6.25. The fourth-order valence-electron chi connectivity index (χ4n) is 3.52. The molecule has 1 aliphatic heterocycles. The lowest BCUT2D eigenvalue weighted by atomic mass is 9.96. The van der Waals surface area contributed by atoms with Crippen molar-refractivity contribution in [3.05, 3.63) is 0 Å². The van der Waals surface area contributed by atoms with Crippen LogP contribution in [0.15, 0.2) is 0 Å². The summed E-state index contributed by atoms with van der Waals surface area (Å²) >= 11 is 0. The molecule has 0 aromatic carbocycles. The molecule has 4 unspecified atom stereocenters. The van der Waals surface area contributed by atoms with Crippen molar-refractivity contribution in [1.82, 2.24) is 15.1 Å². The zero-order valence-corrected chi connectivity index (χ0v) is 13.9. The molecule has 0 saturated carbocycles. The van der Waals surface area contributed by atoms with Crippen LogP contribution >= 0.6 is 0 Å². The number of likely N-dealkylation sites (N-methyl/N-ethyl adjacent to an activating group) is 2. The largest absolute Gasteiger partial charge is 0.313 e. The zero-order valence-electron chi connectivity index (χ0n) is 13.9. The van der Waals surface area contributed by atoms with E-state index in [0.29, 0.717) is 24.2 Å². The van der Waals surface area contributed by atoms with E-state index in [-0.39, 0.29) is 0 Å². The van der Waals surface area contributed by atoms with Crippen LogP contribution in [-0.4, -0.2) is 60.6 Å². The van der Waals surface area contributed by atoms with Crippen LogP contribution in [0.2, 0.25) is 0 Å². The Balaban J connectivity index is 2.71. The lowest BCUT2D eigenvalue weighted by molar-refractivity contribution is 0.0204. The molecule has 114 valence electrons. The van der Waals surface area contributed by atoms with Crippen LogP contribution in [0.3, 0.4) is 0 Å². The Bertz CT molecular complexity index is 226. The number of hydrogen-bond donors (Lipinski definition) is 1. The quantitative estimate of drug-likeness (QED) is 0.766. The maximum Gasteiger partial charge on any atom is 0.0248 e. The second-order valence-corrected chi connectivity index (χ2v) is 6.25. The number of nitrogens with zero attached hydrogens (tertiary/aromatic N) is 2. The van der Waals surface area contributed by atoms with Crippen molar-refractivity contribution in [2.75, 3.05) is 26.7 Å². The topological polar surface area (TPSA) is 18.5 Å². The summed E-state index contributed by atoms with van der Waals surface area (Å²) in [5, 5.41) is 3.72. The van der Waals surface area contributed by atoms with E-state index in [1.165, 1.54) is 32.4 Å². The average molecular weight is 269 g/mol. The molecular formula is C16H35N3. The van der Waals surface area contributed by atoms with Gasteiger partial charge in [0.05, 0.1) is 0 Å². The molecule has 0 aromatic heterocycles. The summed E-state index contributed by atoms with van der Waals surface area (Å²) in [6.07, 6.45) is 3.81. The van der Waals surface area contributed by atoms with Gasteiger partial charge in [-0.2, -0.15) is 0 Å². The molecule has 3 heteroatoms. The highest BCUT2D eigenvalue weighted by Crippen LogP contribution is 2.21. The Morgan fingerprint density at radius 1 is 1.11 bits per heavy atom. The SMILES string of the molecule is CCCC(NCC)C(CC)N1CC(C)N(C)C(C)C1. The molecule has 1 rings (SSSR count). The van der Waals surface area contributed by atoms with E-state index >= 15 is 0 Å². The van der Waals surface area contributed by atoms with Crippen LogP contribution in [0, 0.1) is 0 Å². The first-order valence-electron chi connectivity index (χ1n) is 8.24. The van der Waals surface area contributed by atoms with Gasteiger partial charge in [-0.15, -0.1) is 0 Å². The van der Waals surface area contributed by atoms with Crippen molar-refractivity contribution < 1.29 is 0 Å². The first-order chi connectivity index (χ1) is 9.04. The molecular weight excluding hydrogens is 234 g/mol. The van der Waals surface area contributed by atoms with Gasteiger partial charge in [-0.05, 0) is 40.3 Å². The van der Waals surface area contributed by atoms with Crippen LogP contribution in [0.5, 0.6) is 0 Å². The number of nitrogens with one attached hydrogen (secondary N) is 1. The molecule has 1 saturated heterocycles. The van der Waals surface area contributed by atoms with E-state index in [1.807, 2.05) is 0 Å². The third kappa shape index (κ3) is 4.44. The lowest BCUT2D eigenvalue weighted by Crippen LogP contribution is -2.61.